The summed E-state index contributed by atoms with van der Waals surface area (Å²) < 4.78 is 11.5. The van der Waals surface area contributed by atoms with Crippen molar-refractivity contribution in [2.24, 2.45) is 0 Å². The van der Waals surface area contributed by atoms with Crippen LogP contribution in [0.4, 0.5) is 0 Å². The number of hydrogen-bond acceptors (Lipinski definition) is 7. The Morgan fingerprint density at radius 2 is 1.76 bits per heavy atom. The molecular weight excluding hydrogens is 488 g/mol. The van der Waals surface area contributed by atoms with E-state index in [4.69, 9.17) is 9.47 Å². The van der Waals surface area contributed by atoms with Crippen LogP contribution in [-0.2, 0) is 23.9 Å². The minimum Gasteiger partial charge on any atom is -0.459 e. The molecule has 1 aliphatic heterocycles. The topological polar surface area (TPSA) is 84.9 Å². The molecule has 3 atom stereocenters. The molecule has 1 saturated heterocycles. The Labute approximate surface area is 223 Å². The lowest BCUT2D eigenvalue weighted by atomic mass is 10.0. The number of hydrogen-bond donors (Lipinski definition) is 1. The van der Waals surface area contributed by atoms with Gasteiger partial charge in [-0.15, -0.1) is 0 Å². The van der Waals surface area contributed by atoms with E-state index in [2.05, 4.69) is 5.32 Å². The van der Waals surface area contributed by atoms with E-state index in [0.29, 0.717) is 23.7 Å². The summed E-state index contributed by atoms with van der Waals surface area (Å²) in [5.74, 6) is 2.52. The standard InChI is InChI=1S/C29H36N2O5S/c1-5-35-26(16-23(18-32)21-12-8-6-9-13-21)30-24-19-37-20-25(22-14-10-7-11-15-22)31(28(24)34)17-27(33)36-29(2,3)4/h6-15,24-26,30H,5,16-17,19-20H2,1-4H3/t24-,25-,26+/m0/s1. The van der Waals surface area contributed by atoms with Gasteiger partial charge in [0.1, 0.15) is 24.3 Å². The van der Waals surface area contributed by atoms with E-state index in [1.165, 1.54) is 0 Å². The fraction of sp³-hybridized carbons (Fsp3) is 0.448. The third-order valence-corrected chi connectivity index (χ3v) is 6.93. The zero-order valence-electron chi connectivity index (χ0n) is 21.9. The van der Waals surface area contributed by atoms with Crippen molar-refractivity contribution in [1.29, 1.82) is 0 Å². The number of ether oxygens (including phenoxy) is 2. The molecule has 1 amide bonds. The number of carbonyl (C=O) groups excluding carboxylic acids is 3. The highest BCUT2D eigenvalue weighted by Gasteiger charge is 2.37. The quantitative estimate of drug-likeness (QED) is 0.282. The summed E-state index contributed by atoms with van der Waals surface area (Å²) in [6.07, 6.45) is -0.322. The number of nitrogens with zero attached hydrogens (tertiary/aromatic N) is 1. The number of carbonyl (C=O) groups is 2. The molecule has 37 heavy (non-hydrogen) atoms. The molecule has 0 bridgehead atoms. The Hall–Kier alpha value is -2.90. The first kappa shape index (κ1) is 28.7. The molecule has 0 saturated carbocycles. The molecule has 2 aromatic rings. The summed E-state index contributed by atoms with van der Waals surface area (Å²) in [4.78, 5) is 40.1. The molecule has 8 heteroatoms. The van der Waals surface area contributed by atoms with Crippen LogP contribution in [0, 0.1) is 0 Å². The van der Waals surface area contributed by atoms with Crippen LogP contribution >= 0.6 is 11.8 Å². The molecule has 3 rings (SSSR count). The lowest BCUT2D eigenvalue weighted by Crippen LogP contribution is -2.53. The van der Waals surface area contributed by atoms with Crippen LogP contribution < -0.4 is 5.32 Å². The number of esters is 1. The highest BCUT2D eigenvalue weighted by Crippen LogP contribution is 2.30. The van der Waals surface area contributed by atoms with Gasteiger partial charge < -0.3 is 14.4 Å². The van der Waals surface area contributed by atoms with Crippen LogP contribution in [0.15, 0.2) is 60.7 Å². The van der Waals surface area contributed by atoms with Crippen molar-refractivity contribution in [3.63, 3.8) is 0 Å². The number of nitrogens with one attached hydrogen (secondary N) is 1. The van der Waals surface area contributed by atoms with Gasteiger partial charge >= 0.3 is 5.97 Å². The normalized spacial score (nSPS) is 19.0. The van der Waals surface area contributed by atoms with E-state index in [0.717, 1.165) is 11.1 Å². The van der Waals surface area contributed by atoms with Crippen molar-refractivity contribution in [2.45, 2.75) is 58.0 Å². The zero-order valence-corrected chi connectivity index (χ0v) is 22.8. The molecule has 1 fully saturated rings. The van der Waals surface area contributed by atoms with Gasteiger partial charge in [-0.05, 0) is 38.8 Å². The number of amides is 1. The molecule has 1 aliphatic rings. The molecule has 0 aliphatic carbocycles. The number of thioether (sulfide) groups is 1. The molecule has 7 nitrogen and oxygen atoms in total. The minimum absolute atomic E-state index is 0.156. The third-order valence-electron chi connectivity index (χ3n) is 5.81. The smallest absolute Gasteiger partial charge is 0.326 e. The first-order valence-corrected chi connectivity index (χ1v) is 13.7. The Morgan fingerprint density at radius 3 is 2.35 bits per heavy atom. The van der Waals surface area contributed by atoms with Gasteiger partial charge in [-0.3, -0.25) is 14.9 Å². The van der Waals surface area contributed by atoms with E-state index in [-0.39, 0.29) is 24.9 Å². The van der Waals surface area contributed by atoms with Crippen LogP contribution in [0.2, 0.25) is 0 Å². The van der Waals surface area contributed by atoms with Gasteiger partial charge in [-0.2, -0.15) is 11.8 Å². The Bertz CT molecular complexity index is 1080. The Kier molecular flexibility index (Phi) is 10.5. The maximum atomic E-state index is 13.9. The van der Waals surface area contributed by atoms with Gasteiger partial charge in [0, 0.05) is 30.1 Å². The first-order chi connectivity index (χ1) is 17.7. The second kappa shape index (κ2) is 13.6. The largest absolute Gasteiger partial charge is 0.459 e. The maximum absolute atomic E-state index is 13.9. The molecule has 0 spiro atoms. The summed E-state index contributed by atoms with van der Waals surface area (Å²) in [6, 6.07) is 18.1. The Balaban J connectivity index is 1.84. The van der Waals surface area contributed by atoms with Crippen molar-refractivity contribution in [3.8, 4) is 0 Å². The highest BCUT2D eigenvalue weighted by atomic mass is 32.2. The van der Waals surface area contributed by atoms with Gasteiger partial charge in [-0.25, -0.2) is 4.79 Å². The summed E-state index contributed by atoms with van der Waals surface area (Å²) in [5, 5.41) is 3.32. The maximum Gasteiger partial charge on any atom is 0.326 e. The predicted octanol–water partition coefficient (Wildman–Crippen LogP) is 4.27. The van der Waals surface area contributed by atoms with E-state index in [1.54, 1.807) is 16.7 Å². The van der Waals surface area contributed by atoms with E-state index >= 15 is 0 Å². The molecule has 2 aromatic carbocycles. The fourth-order valence-electron chi connectivity index (χ4n) is 4.22. The number of rotatable bonds is 10. The van der Waals surface area contributed by atoms with Crippen LogP contribution in [-0.4, -0.2) is 65.2 Å². The summed E-state index contributed by atoms with van der Waals surface area (Å²) in [5.41, 5.74) is 1.54. The van der Waals surface area contributed by atoms with Gasteiger partial charge in [0.05, 0.1) is 12.1 Å². The van der Waals surface area contributed by atoms with Crippen molar-refractivity contribution in [3.05, 3.63) is 71.8 Å². The molecular formula is C29H36N2O5S. The lowest BCUT2D eigenvalue weighted by Gasteiger charge is -2.33. The van der Waals surface area contributed by atoms with Gasteiger partial charge in [0.25, 0.3) is 0 Å². The minimum atomic E-state index is -0.657. The van der Waals surface area contributed by atoms with Gasteiger partial charge in [0.2, 0.25) is 5.91 Å². The number of benzene rings is 2. The van der Waals surface area contributed by atoms with Gasteiger partial charge in [-0.1, -0.05) is 60.7 Å². The molecule has 0 aromatic heterocycles. The summed E-state index contributed by atoms with van der Waals surface area (Å²) >= 11 is 1.64. The van der Waals surface area contributed by atoms with Crippen LogP contribution in [0.3, 0.4) is 0 Å². The van der Waals surface area contributed by atoms with Crippen LogP contribution in [0.25, 0.3) is 5.57 Å². The van der Waals surface area contributed by atoms with Gasteiger partial charge in [0.15, 0.2) is 0 Å². The average molecular weight is 525 g/mol. The molecule has 0 radical (unpaired) electrons. The van der Waals surface area contributed by atoms with Crippen molar-refractivity contribution in [2.75, 3.05) is 24.7 Å². The van der Waals surface area contributed by atoms with Crippen molar-refractivity contribution < 1.29 is 23.9 Å². The predicted molar refractivity (Wildman–Crippen MR) is 147 cm³/mol. The van der Waals surface area contributed by atoms with E-state index < -0.39 is 23.8 Å². The molecule has 0 unspecified atom stereocenters. The van der Waals surface area contributed by atoms with E-state index in [9.17, 15) is 14.4 Å². The zero-order chi connectivity index (χ0) is 26.8. The first-order valence-electron chi connectivity index (χ1n) is 12.5. The fourth-order valence-corrected chi connectivity index (χ4v) is 5.43. The highest BCUT2D eigenvalue weighted by molar-refractivity contribution is 7.99. The van der Waals surface area contributed by atoms with E-state index in [1.807, 2.05) is 94.3 Å². The summed E-state index contributed by atoms with van der Waals surface area (Å²) in [7, 11) is 0. The summed E-state index contributed by atoms with van der Waals surface area (Å²) in [6.45, 7) is 7.54. The average Bonchev–Trinajstić information content (AvgIpc) is 3.01. The molecule has 1 heterocycles. The lowest BCUT2D eigenvalue weighted by molar-refractivity contribution is -0.160. The third kappa shape index (κ3) is 8.58. The van der Waals surface area contributed by atoms with Crippen molar-refractivity contribution >= 4 is 35.2 Å². The monoisotopic (exact) mass is 524 g/mol. The van der Waals surface area contributed by atoms with Crippen LogP contribution in [0.1, 0.15) is 51.3 Å². The second-order valence-electron chi connectivity index (χ2n) is 9.83. The second-order valence-corrected chi connectivity index (χ2v) is 10.9. The van der Waals surface area contributed by atoms with Crippen molar-refractivity contribution in [1.82, 2.24) is 10.2 Å². The Morgan fingerprint density at radius 1 is 1.11 bits per heavy atom. The SMILES string of the molecule is CCO[C@H](CC(=C=O)c1ccccc1)N[C@H]1CSC[C@@H](c2ccccc2)N(CC(=O)OC(C)(C)C)C1=O. The van der Waals surface area contributed by atoms with Crippen LogP contribution in [0.5, 0.6) is 0 Å². The molecule has 1 N–H and O–H groups in total. The molecule has 198 valence electrons.